The molecule has 0 aliphatic rings. The number of rotatable bonds is 3. The van der Waals surface area contributed by atoms with E-state index in [4.69, 9.17) is 0 Å². The first kappa shape index (κ1) is 11.6. The summed E-state index contributed by atoms with van der Waals surface area (Å²) in [4.78, 5) is 17.1. The molecule has 0 radical (unpaired) electrons. The van der Waals surface area contributed by atoms with Gasteiger partial charge in [-0.15, -0.1) is 0 Å². The average Bonchev–Trinajstić information content (AvgIpc) is 2.67. The van der Waals surface area contributed by atoms with Crippen molar-refractivity contribution < 1.29 is 4.79 Å². The topological polar surface area (TPSA) is 38.1 Å². The molecule has 1 amide bonds. The van der Waals surface area contributed by atoms with Crippen molar-refractivity contribution in [2.45, 2.75) is 13.3 Å². The van der Waals surface area contributed by atoms with Crippen LogP contribution in [0.5, 0.6) is 0 Å². The van der Waals surface area contributed by atoms with Gasteiger partial charge in [0.05, 0.1) is 17.4 Å². The maximum atomic E-state index is 11.1. The molecule has 0 spiro atoms. The van der Waals surface area contributed by atoms with Gasteiger partial charge in [-0.25, -0.2) is 4.98 Å². The van der Waals surface area contributed by atoms with Crippen LogP contribution in [0.4, 0.5) is 0 Å². The predicted octanol–water partition coefficient (Wildman–Crippen LogP) is 1.59. The van der Waals surface area contributed by atoms with Crippen molar-refractivity contribution in [1.82, 2.24) is 14.5 Å². The van der Waals surface area contributed by atoms with Crippen LogP contribution in [0.1, 0.15) is 12.5 Å². The summed E-state index contributed by atoms with van der Waals surface area (Å²) in [5.41, 5.74) is 3.36. The van der Waals surface area contributed by atoms with E-state index in [1.54, 1.807) is 11.8 Å². The van der Waals surface area contributed by atoms with Gasteiger partial charge in [-0.3, -0.25) is 4.79 Å². The van der Waals surface area contributed by atoms with Crippen molar-refractivity contribution in [2.24, 2.45) is 7.05 Å². The minimum Gasteiger partial charge on any atom is -0.346 e. The third-order valence-corrected chi connectivity index (χ3v) is 3.06. The molecule has 1 aromatic carbocycles. The Morgan fingerprint density at radius 2 is 2.24 bits per heavy atom. The van der Waals surface area contributed by atoms with Gasteiger partial charge in [-0.2, -0.15) is 0 Å². The molecule has 0 bridgehead atoms. The molecule has 0 N–H and O–H groups in total. The first-order valence-corrected chi connectivity index (χ1v) is 5.69. The van der Waals surface area contributed by atoms with Crippen molar-refractivity contribution in [3.05, 3.63) is 30.1 Å². The molecule has 4 heteroatoms. The summed E-state index contributed by atoms with van der Waals surface area (Å²) in [6.07, 6.45) is 2.68. The van der Waals surface area contributed by atoms with Crippen LogP contribution in [0.25, 0.3) is 11.0 Å². The van der Waals surface area contributed by atoms with Gasteiger partial charge in [0.2, 0.25) is 5.91 Å². The van der Waals surface area contributed by atoms with Gasteiger partial charge in [0.15, 0.2) is 0 Å². The second-order valence-corrected chi connectivity index (χ2v) is 4.37. The number of carbonyl (C=O) groups is 1. The molecule has 2 rings (SSSR count). The molecule has 0 aliphatic carbocycles. The number of carbonyl (C=O) groups excluding carboxylic acids is 1. The van der Waals surface area contributed by atoms with Gasteiger partial charge < -0.3 is 9.47 Å². The Bertz CT molecular complexity index is 545. The number of aryl methyl sites for hydroxylation is 1. The fraction of sp³-hybridized carbons (Fsp3) is 0.385. The minimum absolute atomic E-state index is 0.101. The fourth-order valence-electron chi connectivity index (χ4n) is 1.79. The quantitative estimate of drug-likeness (QED) is 0.804. The fourth-order valence-corrected chi connectivity index (χ4v) is 1.79. The molecular formula is C13H17N3O. The highest BCUT2D eigenvalue weighted by molar-refractivity contribution is 5.76. The van der Waals surface area contributed by atoms with Gasteiger partial charge >= 0.3 is 0 Å². The smallest absolute Gasteiger partial charge is 0.219 e. The van der Waals surface area contributed by atoms with Crippen LogP contribution in [0.3, 0.4) is 0 Å². The zero-order valence-electron chi connectivity index (χ0n) is 10.5. The third kappa shape index (κ3) is 2.46. The van der Waals surface area contributed by atoms with E-state index in [1.807, 2.05) is 25.0 Å². The lowest BCUT2D eigenvalue weighted by Gasteiger charge is -2.14. The first-order valence-electron chi connectivity index (χ1n) is 5.69. The average molecular weight is 231 g/mol. The number of nitrogens with zero attached hydrogens (tertiary/aromatic N) is 3. The molecule has 1 aromatic heterocycles. The maximum absolute atomic E-state index is 11.1. The van der Waals surface area contributed by atoms with Gasteiger partial charge in [0, 0.05) is 27.6 Å². The van der Waals surface area contributed by atoms with Gasteiger partial charge in [0.25, 0.3) is 0 Å². The molecule has 0 saturated heterocycles. The maximum Gasteiger partial charge on any atom is 0.219 e. The summed E-state index contributed by atoms with van der Waals surface area (Å²) in [5, 5.41) is 0. The van der Waals surface area contributed by atoms with E-state index in [0.717, 1.165) is 24.0 Å². The number of likely N-dealkylation sites (N-methyl/N-ethyl adjacent to an activating group) is 1. The molecule has 0 atom stereocenters. The van der Waals surface area contributed by atoms with Crippen molar-refractivity contribution in [3.63, 3.8) is 0 Å². The van der Waals surface area contributed by atoms with E-state index < -0.39 is 0 Å². The summed E-state index contributed by atoms with van der Waals surface area (Å²) >= 11 is 0. The van der Waals surface area contributed by atoms with Crippen molar-refractivity contribution in [2.75, 3.05) is 13.6 Å². The van der Waals surface area contributed by atoms with Crippen LogP contribution in [0.2, 0.25) is 0 Å². The van der Waals surface area contributed by atoms with Crippen LogP contribution in [-0.2, 0) is 18.3 Å². The van der Waals surface area contributed by atoms with E-state index in [1.165, 1.54) is 5.56 Å². The molecule has 90 valence electrons. The lowest BCUT2D eigenvalue weighted by atomic mass is 10.1. The van der Waals surface area contributed by atoms with E-state index in [2.05, 4.69) is 23.2 Å². The summed E-state index contributed by atoms with van der Waals surface area (Å²) < 4.78 is 2.00. The summed E-state index contributed by atoms with van der Waals surface area (Å²) in [7, 11) is 3.81. The summed E-state index contributed by atoms with van der Waals surface area (Å²) in [5.74, 6) is 0.101. The van der Waals surface area contributed by atoms with Crippen LogP contribution >= 0.6 is 0 Å². The SMILES string of the molecule is CC(=O)N(C)CCc1ccc2c(c1)ncn2C. The Hall–Kier alpha value is -1.84. The third-order valence-electron chi connectivity index (χ3n) is 3.06. The number of amides is 1. The van der Waals surface area contributed by atoms with E-state index >= 15 is 0 Å². The predicted molar refractivity (Wildman–Crippen MR) is 67.7 cm³/mol. The molecule has 0 saturated carbocycles. The monoisotopic (exact) mass is 231 g/mol. The largest absolute Gasteiger partial charge is 0.346 e. The Kier molecular flexibility index (Phi) is 3.13. The van der Waals surface area contributed by atoms with Gasteiger partial charge in [0.1, 0.15) is 0 Å². The highest BCUT2D eigenvalue weighted by Gasteiger charge is 2.04. The Morgan fingerprint density at radius 3 is 2.94 bits per heavy atom. The molecular weight excluding hydrogens is 214 g/mol. The van der Waals surface area contributed by atoms with Crippen molar-refractivity contribution >= 4 is 16.9 Å². The zero-order chi connectivity index (χ0) is 12.4. The van der Waals surface area contributed by atoms with Crippen LogP contribution in [0, 0.1) is 0 Å². The summed E-state index contributed by atoms with van der Waals surface area (Å²) in [6, 6.07) is 6.26. The molecule has 0 unspecified atom stereocenters. The lowest BCUT2D eigenvalue weighted by Crippen LogP contribution is -2.26. The normalized spacial score (nSPS) is 10.8. The minimum atomic E-state index is 0.101. The van der Waals surface area contributed by atoms with E-state index in [9.17, 15) is 4.79 Å². The molecule has 4 nitrogen and oxygen atoms in total. The lowest BCUT2D eigenvalue weighted by molar-refractivity contribution is -0.127. The number of aromatic nitrogens is 2. The first-order chi connectivity index (χ1) is 8.08. The Morgan fingerprint density at radius 1 is 1.47 bits per heavy atom. The summed E-state index contributed by atoms with van der Waals surface area (Å²) in [6.45, 7) is 2.33. The van der Waals surface area contributed by atoms with Crippen LogP contribution in [-0.4, -0.2) is 34.0 Å². The number of imidazole rings is 1. The van der Waals surface area contributed by atoms with Crippen LogP contribution < -0.4 is 0 Å². The second kappa shape index (κ2) is 4.57. The second-order valence-electron chi connectivity index (χ2n) is 4.37. The van der Waals surface area contributed by atoms with Crippen molar-refractivity contribution in [3.8, 4) is 0 Å². The highest BCUT2D eigenvalue weighted by Crippen LogP contribution is 2.14. The molecule has 2 aromatic rings. The Labute approximate surface area is 101 Å². The van der Waals surface area contributed by atoms with E-state index in [0.29, 0.717) is 0 Å². The molecule has 0 fully saturated rings. The zero-order valence-corrected chi connectivity index (χ0v) is 10.5. The number of hydrogen-bond donors (Lipinski definition) is 0. The number of hydrogen-bond acceptors (Lipinski definition) is 2. The van der Waals surface area contributed by atoms with Crippen LogP contribution in [0.15, 0.2) is 24.5 Å². The Balaban J connectivity index is 2.12. The number of fused-ring (bicyclic) bond motifs is 1. The van der Waals surface area contributed by atoms with Gasteiger partial charge in [-0.1, -0.05) is 6.07 Å². The number of benzene rings is 1. The van der Waals surface area contributed by atoms with Crippen molar-refractivity contribution in [1.29, 1.82) is 0 Å². The molecule has 17 heavy (non-hydrogen) atoms. The highest BCUT2D eigenvalue weighted by atomic mass is 16.2. The molecule has 0 aliphatic heterocycles. The van der Waals surface area contributed by atoms with E-state index in [-0.39, 0.29) is 5.91 Å². The standard InChI is InChI=1S/C13H17N3O/c1-10(17)15(2)7-6-11-4-5-13-12(8-11)14-9-16(13)3/h4-5,8-9H,6-7H2,1-3H3. The van der Waals surface area contributed by atoms with Gasteiger partial charge in [-0.05, 0) is 24.1 Å². The molecule has 1 heterocycles.